The molecule has 1 aliphatic heterocycles. The van der Waals surface area contributed by atoms with Crippen molar-refractivity contribution in [3.63, 3.8) is 0 Å². The number of hydrogen-bond acceptors (Lipinski definition) is 3. The number of urea groups is 1. The molecule has 5 nitrogen and oxygen atoms in total. The van der Waals surface area contributed by atoms with Crippen LogP contribution in [0, 0.1) is 5.92 Å². The molecule has 1 aromatic rings. The van der Waals surface area contributed by atoms with Gasteiger partial charge in [0.25, 0.3) is 0 Å². The molecular weight excluding hydrogens is 290 g/mol. The van der Waals surface area contributed by atoms with Crippen LogP contribution in [0.2, 0.25) is 0 Å². The maximum atomic E-state index is 11.8. The van der Waals surface area contributed by atoms with E-state index in [0.29, 0.717) is 6.54 Å². The van der Waals surface area contributed by atoms with Crippen molar-refractivity contribution in [2.24, 2.45) is 5.92 Å². The number of likely N-dealkylation sites (tertiary alicyclic amines) is 1. The first-order valence-corrected chi connectivity index (χ1v) is 8.54. The van der Waals surface area contributed by atoms with Gasteiger partial charge in [0.1, 0.15) is 5.75 Å². The van der Waals surface area contributed by atoms with Crippen molar-refractivity contribution >= 4 is 6.03 Å². The number of benzene rings is 1. The van der Waals surface area contributed by atoms with Gasteiger partial charge in [0.2, 0.25) is 0 Å². The molecule has 2 amide bonds. The van der Waals surface area contributed by atoms with E-state index < -0.39 is 0 Å². The molecule has 0 saturated carbocycles. The predicted octanol–water partition coefficient (Wildman–Crippen LogP) is 2.62. The Morgan fingerprint density at radius 1 is 1.22 bits per heavy atom. The second-order valence-electron chi connectivity index (χ2n) is 6.34. The molecule has 1 fully saturated rings. The Hall–Kier alpha value is -1.75. The van der Waals surface area contributed by atoms with E-state index in [-0.39, 0.29) is 6.03 Å². The van der Waals surface area contributed by atoms with Gasteiger partial charge in [-0.15, -0.1) is 0 Å². The molecule has 1 aromatic carbocycles. The molecule has 5 heteroatoms. The molecule has 0 bridgehead atoms. The fourth-order valence-corrected chi connectivity index (χ4v) is 2.78. The van der Waals surface area contributed by atoms with Crippen LogP contribution in [0.4, 0.5) is 4.79 Å². The smallest absolute Gasteiger partial charge is 0.315 e. The molecule has 0 aromatic heterocycles. The number of amides is 2. The largest absolute Gasteiger partial charge is 0.497 e. The molecule has 2 rings (SSSR count). The zero-order valence-electron chi connectivity index (χ0n) is 14.3. The lowest BCUT2D eigenvalue weighted by molar-refractivity contribution is 0.190. The van der Waals surface area contributed by atoms with Gasteiger partial charge in [0, 0.05) is 13.1 Å². The number of methoxy groups -OCH3 is 1. The van der Waals surface area contributed by atoms with Crippen LogP contribution in [0.5, 0.6) is 5.75 Å². The summed E-state index contributed by atoms with van der Waals surface area (Å²) >= 11 is 0. The van der Waals surface area contributed by atoms with E-state index in [1.165, 1.54) is 25.9 Å². The summed E-state index contributed by atoms with van der Waals surface area (Å²) in [6.07, 6.45) is 3.61. The van der Waals surface area contributed by atoms with E-state index >= 15 is 0 Å². The third-order valence-corrected chi connectivity index (χ3v) is 4.43. The van der Waals surface area contributed by atoms with Crippen LogP contribution in [-0.4, -0.2) is 44.2 Å². The van der Waals surface area contributed by atoms with Crippen LogP contribution >= 0.6 is 0 Å². The standard InChI is InChI=1S/C18H29N3O2/c1-15-8-12-21(13-9-15)11-3-10-19-18(22)20-14-16-4-6-17(23-2)7-5-16/h4-7,15H,3,8-14H2,1-2H3,(H2,19,20,22). The lowest BCUT2D eigenvalue weighted by atomic mass is 9.99. The summed E-state index contributed by atoms with van der Waals surface area (Å²) in [4.78, 5) is 14.3. The normalized spacial score (nSPS) is 16.1. The number of hydrogen-bond donors (Lipinski definition) is 2. The number of nitrogens with one attached hydrogen (secondary N) is 2. The minimum Gasteiger partial charge on any atom is -0.497 e. The average Bonchev–Trinajstić information content (AvgIpc) is 2.59. The predicted molar refractivity (Wildman–Crippen MR) is 92.7 cm³/mol. The van der Waals surface area contributed by atoms with E-state index in [9.17, 15) is 4.79 Å². The Morgan fingerprint density at radius 2 is 1.91 bits per heavy atom. The summed E-state index contributed by atoms with van der Waals surface area (Å²) in [5.41, 5.74) is 1.06. The second kappa shape index (κ2) is 9.40. The molecule has 1 heterocycles. The van der Waals surface area contributed by atoms with Crippen molar-refractivity contribution < 1.29 is 9.53 Å². The van der Waals surface area contributed by atoms with E-state index in [1.807, 2.05) is 24.3 Å². The van der Waals surface area contributed by atoms with E-state index in [4.69, 9.17) is 4.74 Å². The van der Waals surface area contributed by atoms with Crippen molar-refractivity contribution in [1.29, 1.82) is 0 Å². The molecule has 2 N–H and O–H groups in total. The molecule has 0 radical (unpaired) electrons. The molecule has 0 atom stereocenters. The lowest BCUT2D eigenvalue weighted by Gasteiger charge is -2.30. The number of piperidine rings is 1. The first-order chi connectivity index (χ1) is 11.2. The maximum Gasteiger partial charge on any atom is 0.315 e. The Balaban J connectivity index is 1.54. The van der Waals surface area contributed by atoms with Crippen molar-refractivity contribution in [1.82, 2.24) is 15.5 Å². The molecule has 128 valence electrons. The average molecular weight is 319 g/mol. The van der Waals surface area contributed by atoms with Crippen LogP contribution in [-0.2, 0) is 6.54 Å². The second-order valence-corrected chi connectivity index (χ2v) is 6.34. The molecule has 23 heavy (non-hydrogen) atoms. The minimum absolute atomic E-state index is 0.104. The molecular formula is C18H29N3O2. The summed E-state index contributed by atoms with van der Waals surface area (Å²) in [6.45, 7) is 7.05. The van der Waals surface area contributed by atoms with Crippen LogP contribution < -0.4 is 15.4 Å². The molecule has 1 saturated heterocycles. The Morgan fingerprint density at radius 3 is 2.57 bits per heavy atom. The number of carbonyl (C=O) groups is 1. The maximum absolute atomic E-state index is 11.8. The van der Waals surface area contributed by atoms with Gasteiger partial charge < -0.3 is 20.3 Å². The van der Waals surface area contributed by atoms with Gasteiger partial charge in [0.05, 0.1) is 7.11 Å². The van der Waals surface area contributed by atoms with Crippen LogP contribution in [0.1, 0.15) is 31.7 Å². The van der Waals surface area contributed by atoms with Gasteiger partial charge in [-0.3, -0.25) is 0 Å². The first-order valence-electron chi connectivity index (χ1n) is 8.54. The quantitative estimate of drug-likeness (QED) is 0.760. The number of rotatable bonds is 7. The lowest BCUT2D eigenvalue weighted by Crippen LogP contribution is -2.38. The molecule has 0 spiro atoms. The topological polar surface area (TPSA) is 53.6 Å². The molecule has 0 aliphatic carbocycles. The van der Waals surface area contributed by atoms with E-state index in [1.54, 1.807) is 7.11 Å². The van der Waals surface area contributed by atoms with E-state index in [2.05, 4.69) is 22.5 Å². The Bertz CT molecular complexity index is 468. The van der Waals surface area contributed by atoms with Crippen molar-refractivity contribution in [2.45, 2.75) is 32.7 Å². The number of carbonyl (C=O) groups excluding carboxylic acids is 1. The number of nitrogens with zero attached hydrogens (tertiary/aromatic N) is 1. The Labute approximate surface area is 139 Å². The fraction of sp³-hybridized carbons (Fsp3) is 0.611. The summed E-state index contributed by atoms with van der Waals surface area (Å²) in [7, 11) is 1.64. The summed E-state index contributed by atoms with van der Waals surface area (Å²) < 4.78 is 5.11. The summed E-state index contributed by atoms with van der Waals surface area (Å²) in [5, 5.41) is 5.80. The highest BCUT2D eigenvalue weighted by atomic mass is 16.5. The van der Waals surface area contributed by atoms with Crippen molar-refractivity contribution in [2.75, 3.05) is 33.3 Å². The first kappa shape index (κ1) is 17.6. The third-order valence-electron chi connectivity index (χ3n) is 4.43. The van der Waals surface area contributed by atoms with Crippen molar-refractivity contribution in [3.8, 4) is 5.75 Å². The Kier molecular flexibility index (Phi) is 7.20. The molecule has 0 unspecified atom stereocenters. The van der Waals surface area contributed by atoms with Gasteiger partial charge in [-0.25, -0.2) is 4.79 Å². The zero-order chi connectivity index (χ0) is 16.5. The zero-order valence-corrected chi connectivity index (χ0v) is 14.3. The van der Waals surface area contributed by atoms with Gasteiger partial charge in [-0.1, -0.05) is 19.1 Å². The van der Waals surface area contributed by atoms with Crippen LogP contribution in [0.3, 0.4) is 0 Å². The van der Waals surface area contributed by atoms with Crippen molar-refractivity contribution in [3.05, 3.63) is 29.8 Å². The van der Waals surface area contributed by atoms with Gasteiger partial charge in [0.15, 0.2) is 0 Å². The highest BCUT2D eigenvalue weighted by Gasteiger charge is 2.14. The SMILES string of the molecule is COc1ccc(CNC(=O)NCCCN2CCC(C)CC2)cc1. The van der Waals surface area contributed by atoms with Gasteiger partial charge in [-0.2, -0.15) is 0 Å². The number of ether oxygens (including phenoxy) is 1. The summed E-state index contributed by atoms with van der Waals surface area (Å²) in [5.74, 6) is 1.69. The highest BCUT2D eigenvalue weighted by molar-refractivity contribution is 5.73. The summed E-state index contributed by atoms with van der Waals surface area (Å²) in [6, 6.07) is 7.60. The van der Waals surface area contributed by atoms with Crippen LogP contribution in [0.25, 0.3) is 0 Å². The van der Waals surface area contributed by atoms with Gasteiger partial charge in [-0.05, 0) is 62.5 Å². The highest BCUT2D eigenvalue weighted by Crippen LogP contribution is 2.15. The third kappa shape index (κ3) is 6.48. The molecule has 1 aliphatic rings. The fourth-order valence-electron chi connectivity index (χ4n) is 2.78. The minimum atomic E-state index is -0.104. The van der Waals surface area contributed by atoms with Gasteiger partial charge >= 0.3 is 6.03 Å². The van der Waals surface area contributed by atoms with E-state index in [0.717, 1.165) is 36.7 Å². The van der Waals surface area contributed by atoms with Crippen LogP contribution in [0.15, 0.2) is 24.3 Å². The monoisotopic (exact) mass is 319 g/mol.